The van der Waals surface area contributed by atoms with E-state index in [0.29, 0.717) is 47.8 Å². The van der Waals surface area contributed by atoms with E-state index in [2.05, 4.69) is 20.1 Å². The summed E-state index contributed by atoms with van der Waals surface area (Å²) in [6, 6.07) is 12.7. The lowest BCUT2D eigenvalue weighted by Gasteiger charge is -2.18. The van der Waals surface area contributed by atoms with Crippen molar-refractivity contribution in [2.45, 2.75) is 39.3 Å². The zero-order valence-electron chi connectivity index (χ0n) is 22.1. The molecule has 216 valence electrons. The second-order valence-corrected chi connectivity index (χ2v) is 9.75. The van der Waals surface area contributed by atoms with Crippen LogP contribution in [0.3, 0.4) is 0 Å². The predicted molar refractivity (Wildman–Crippen MR) is 142 cm³/mol. The third kappa shape index (κ3) is 5.37. The third-order valence-corrected chi connectivity index (χ3v) is 6.94. The third-order valence-electron chi connectivity index (χ3n) is 6.94. The van der Waals surface area contributed by atoms with E-state index in [-0.39, 0.29) is 18.0 Å². The summed E-state index contributed by atoms with van der Waals surface area (Å²) in [5, 5.41) is 7.29. The van der Waals surface area contributed by atoms with Crippen LogP contribution in [0.15, 0.2) is 67.0 Å². The van der Waals surface area contributed by atoms with E-state index in [0.717, 1.165) is 11.3 Å². The van der Waals surface area contributed by atoms with Crippen LogP contribution in [0.5, 0.6) is 5.75 Å². The Morgan fingerprint density at radius 3 is 2.52 bits per heavy atom. The van der Waals surface area contributed by atoms with Crippen LogP contribution in [0.1, 0.15) is 39.9 Å². The van der Waals surface area contributed by atoms with Gasteiger partial charge in [-0.3, -0.25) is 9.20 Å². The molecule has 0 atom stereocenters. The Kier molecular flexibility index (Phi) is 6.79. The van der Waals surface area contributed by atoms with Gasteiger partial charge >= 0.3 is 6.36 Å². The summed E-state index contributed by atoms with van der Waals surface area (Å²) in [5.41, 5.74) is 4.21. The fraction of sp³-hybridized carbons (Fsp3) is 0.207. The van der Waals surface area contributed by atoms with Gasteiger partial charge in [0, 0.05) is 42.8 Å². The summed E-state index contributed by atoms with van der Waals surface area (Å²) in [7, 11) is 0. The van der Waals surface area contributed by atoms with Gasteiger partial charge in [-0.15, -0.1) is 13.2 Å². The SMILES string of the molecule is CCc1nc2cc(F)ccn2c1C(=O)NCc1ccc(-n2cc3c(n2)CN(c2ccc(OC(F)(F)F)cc2)C3)c(F)c1. The number of rotatable bonds is 7. The summed E-state index contributed by atoms with van der Waals surface area (Å²) in [4.78, 5) is 19.3. The van der Waals surface area contributed by atoms with Gasteiger partial charge in [0.1, 0.15) is 34.4 Å². The second-order valence-electron chi connectivity index (χ2n) is 9.75. The van der Waals surface area contributed by atoms with Gasteiger partial charge in [0.2, 0.25) is 0 Å². The van der Waals surface area contributed by atoms with Gasteiger partial charge in [0.25, 0.3) is 5.91 Å². The quantitative estimate of drug-likeness (QED) is 0.249. The van der Waals surface area contributed by atoms with Crippen LogP contribution in [0.2, 0.25) is 0 Å². The summed E-state index contributed by atoms with van der Waals surface area (Å²) < 4.78 is 72.9. The number of halogens is 5. The maximum absolute atomic E-state index is 15.1. The van der Waals surface area contributed by atoms with Gasteiger partial charge in [0.05, 0.1) is 17.9 Å². The van der Waals surface area contributed by atoms with Gasteiger partial charge in [0.15, 0.2) is 0 Å². The molecule has 0 saturated carbocycles. The van der Waals surface area contributed by atoms with E-state index < -0.39 is 23.9 Å². The Bertz CT molecular complexity index is 1770. The number of aromatic nitrogens is 4. The highest BCUT2D eigenvalue weighted by atomic mass is 19.4. The van der Waals surface area contributed by atoms with E-state index in [1.807, 2.05) is 11.8 Å². The van der Waals surface area contributed by atoms with Crippen molar-refractivity contribution in [3.63, 3.8) is 0 Å². The number of amides is 1. The lowest BCUT2D eigenvalue weighted by Crippen LogP contribution is -2.25. The van der Waals surface area contributed by atoms with Crippen molar-refractivity contribution < 1.29 is 31.5 Å². The Balaban J connectivity index is 1.11. The molecule has 1 N–H and O–H groups in total. The number of aryl methyl sites for hydroxylation is 1. The van der Waals surface area contributed by atoms with Gasteiger partial charge in [-0.25, -0.2) is 18.4 Å². The molecule has 0 radical (unpaired) electrons. The maximum atomic E-state index is 15.1. The molecular weight excluding hydrogens is 559 g/mol. The molecule has 1 amide bonds. The first-order valence-electron chi connectivity index (χ1n) is 13.0. The Morgan fingerprint density at radius 2 is 1.83 bits per heavy atom. The Hall–Kier alpha value is -4.94. The lowest BCUT2D eigenvalue weighted by atomic mass is 10.2. The Morgan fingerprint density at radius 1 is 1.05 bits per heavy atom. The number of fused-ring (bicyclic) bond motifs is 2. The van der Waals surface area contributed by atoms with Gasteiger partial charge < -0.3 is 15.0 Å². The minimum Gasteiger partial charge on any atom is -0.406 e. The van der Waals surface area contributed by atoms with Crippen LogP contribution in [0, 0.1) is 11.6 Å². The van der Waals surface area contributed by atoms with Gasteiger partial charge in [-0.2, -0.15) is 5.10 Å². The second kappa shape index (κ2) is 10.5. The normalized spacial score (nSPS) is 13.0. The highest BCUT2D eigenvalue weighted by molar-refractivity contribution is 5.94. The minimum atomic E-state index is -4.76. The number of alkyl halides is 3. The molecule has 0 unspecified atom stereocenters. The highest BCUT2D eigenvalue weighted by Gasteiger charge is 2.31. The van der Waals surface area contributed by atoms with Crippen LogP contribution >= 0.6 is 0 Å². The van der Waals surface area contributed by atoms with E-state index in [1.165, 1.54) is 57.7 Å². The van der Waals surface area contributed by atoms with Crippen molar-refractivity contribution in [3.05, 3.63) is 107 Å². The summed E-state index contributed by atoms with van der Waals surface area (Å²) in [6.45, 7) is 2.77. The van der Waals surface area contributed by atoms with Crippen molar-refractivity contribution in [1.29, 1.82) is 0 Å². The van der Waals surface area contributed by atoms with Crippen molar-refractivity contribution in [1.82, 2.24) is 24.5 Å². The number of nitrogens with one attached hydrogen (secondary N) is 1. The molecule has 6 rings (SSSR count). The van der Waals surface area contributed by atoms with Crippen molar-refractivity contribution in [2.75, 3.05) is 4.90 Å². The number of carbonyl (C=O) groups is 1. The molecule has 8 nitrogen and oxygen atoms in total. The molecule has 0 fully saturated rings. The molecule has 2 aromatic carbocycles. The monoisotopic (exact) mass is 582 g/mol. The fourth-order valence-corrected chi connectivity index (χ4v) is 4.99. The van der Waals surface area contributed by atoms with Crippen molar-refractivity contribution in [3.8, 4) is 11.4 Å². The summed E-state index contributed by atoms with van der Waals surface area (Å²) in [5.74, 6) is -1.69. The van der Waals surface area contributed by atoms with E-state index in [9.17, 15) is 22.4 Å². The molecule has 3 aromatic heterocycles. The largest absolute Gasteiger partial charge is 0.573 e. The number of benzene rings is 2. The van der Waals surface area contributed by atoms with Crippen LogP contribution in [-0.2, 0) is 26.1 Å². The average molecular weight is 583 g/mol. The topological polar surface area (TPSA) is 76.7 Å². The van der Waals surface area contributed by atoms with Gasteiger partial charge in [-0.05, 0) is 54.4 Å². The number of ether oxygens (including phenoxy) is 1. The average Bonchev–Trinajstić information content (AvgIpc) is 3.62. The maximum Gasteiger partial charge on any atom is 0.573 e. The van der Waals surface area contributed by atoms with Crippen LogP contribution in [0.25, 0.3) is 11.3 Å². The molecule has 0 aliphatic carbocycles. The summed E-state index contributed by atoms with van der Waals surface area (Å²) in [6.07, 6.45) is -1.11. The molecule has 0 bridgehead atoms. The number of carbonyl (C=O) groups excluding carboxylic acids is 1. The first-order valence-corrected chi connectivity index (χ1v) is 13.0. The predicted octanol–water partition coefficient (Wildman–Crippen LogP) is 5.71. The molecule has 1 aliphatic rings. The van der Waals surface area contributed by atoms with Crippen LogP contribution < -0.4 is 15.0 Å². The Labute approximate surface area is 236 Å². The zero-order chi connectivity index (χ0) is 29.6. The molecule has 13 heteroatoms. The first-order chi connectivity index (χ1) is 20.1. The summed E-state index contributed by atoms with van der Waals surface area (Å²) >= 11 is 0. The van der Waals surface area contributed by atoms with Crippen LogP contribution in [0.4, 0.5) is 27.6 Å². The molecule has 1 aliphatic heterocycles. The van der Waals surface area contributed by atoms with Crippen molar-refractivity contribution in [2.24, 2.45) is 0 Å². The molecule has 42 heavy (non-hydrogen) atoms. The molecule has 0 saturated heterocycles. The molecular formula is C29H23F5N6O2. The molecule has 4 heterocycles. The molecule has 0 spiro atoms. The first kappa shape index (κ1) is 27.2. The van der Waals surface area contributed by atoms with E-state index in [1.54, 1.807) is 18.3 Å². The lowest BCUT2D eigenvalue weighted by molar-refractivity contribution is -0.274. The number of nitrogens with zero attached hydrogens (tertiary/aromatic N) is 5. The number of hydrogen-bond donors (Lipinski definition) is 1. The van der Waals surface area contributed by atoms with Crippen molar-refractivity contribution >= 4 is 17.2 Å². The zero-order valence-corrected chi connectivity index (χ0v) is 22.1. The number of imidazole rings is 1. The number of anilines is 1. The van der Waals surface area contributed by atoms with Crippen LogP contribution in [-0.4, -0.2) is 31.4 Å². The highest BCUT2D eigenvalue weighted by Crippen LogP contribution is 2.31. The number of hydrogen-bond acceptors (Lipinski definition) is 5. The molecule has 5 aromatic rings. The van der Waals surface area contributed by atoms with E-state index >= 15 is 4.39 Å². The minimum absolute atomic E-state index is 0.0605. The van der Waals surface area contributed by atoms with E-state index in [4.69, 9.17) is 0 Å². The standard InChI is InChI=1S/C29H23F5N6O2/c1-2-23-27(39-10-9-19(30)12-26(39)36-23)28(41)35-13-17-3-8-25(22(31)11-17)40-15-18-14-38(16-24(18)37-40)20-4-6-21(7-5-20)42-29(32,33)34/h3-12,15H,2,13-14,16H2,1H3,(H,35,41). The smallest absolute Gasteiger partial charge is 0.406 e. The fourth-order valence-electron chi connectivity index (χ4n) is 4.99. The van der Waals surface area contributed by atoms with Gasteiger partial charge in [-0.1, -0.05) is 13.0 Å². The number of pyridine rings is 1.